The lowest BCUT2D eigenvalue weighted by molar-refractivity contribution is -0.115. The number of rotatable bonds is 5. The summed E-state index contributed by atoms with van der Waals surface area (Å²) in [6.07, 6.45) is 0. The summed E-state index contributed by atoms with van der Waals surface area (Å²) < 4.78 is 1.64. The van der Waals surface area contributed by atoms with E-state index in [2.05, 4.69) is 27.8 Å². The van der Waals surface area contributed by atoms with Crippen LogP contribution in [0.15, 0.2) is 47.6 Å². The normalized spacial score (nSPS) is 12.0. The minimum absolute atomic E-state index is 0.132. The van der Waals surface area contributed by atoms with Crippen molar-refractivity contribution < 1.29 is 4.79 Å². The third-order valence-corrected chi connectivity index (χ3v) is 5.22. The van der Waals surface area contributed by atoms with Crippen LogP contribution in [-0.2, 0) is 4.79 Å². The molecule has 1 atom stereocenters. The van der Waals surface area contributed by atoms with E-state index in [1.807, 2.05) is 32.0 Å². The molecular weight excluding hydrogens is 370 g/mol. The number of thioether (sulfide) groups is 1. The highest BCUT2D eigenvalue weighted by atomic mass is 35.5. The largest absolute Gasteiger partial charge is 0.325 e. The van der Waals surface area contributed by atoms with Crippen molar-refractivity contribution in [1.82, 2.24) is 20.2 Å². The molecule has 0 bridgehead atoms. The third-order valence-electron chi connectivity index (χ3n) is 3.94. The van der Waals surface area contributed by atoms with Gasteiger partial charge < -0.3 is 5.32 Å². The number of tetrazole rings is 1. The van der Waals surface area contributed by atoms with E-state index in [0.29, 0.717) is 15.9 Å². The van der Waals surface area contributed by atoms with Gasteiger partial charge in [-0.05, 0) is 78.7 Å². The summed E-state index contributed by atoms with van der Waals surface area (Å²) in [5.74, 6) is -0.132. The van der Waals surface area contributed by atoms with Gasteiger partial charge in [0.25, 0.3) is 0 Å². The molecule has 0 aliphatic carbocycles. The van der Waals surface area contributed by atoms with E-state index in [9.17, 15) is 4.79 Å². The Kier molecular flexibility index (Phi) is 5.58. The summed E-state index contributed by atoms with van der Waals surface area (Å²) in [7, 11) is 0. The van der Waals surface area contributed by atoms with E-state index >= 15 is 0 Å². The fourth-order valence-electron chi connectivity index (χ4n) is 2.26. The maximum atomic E-state index is 12.4. The molecule has 0 aliphatic heterocycles. The zero-order valence-electron chi connectivity index (χ0n) is 14.6. The maximum absolute atomic E-state index is 12.4. The number of nitrogens with zero attached hydrogens (tertiary/aromatic N) is 4. The first-order valence-electron chi connectivity index (χ1n) is 8.03. The van der Waals surface area contributed by atoms with E-state index < -0.39 is 0 Å². The van der Waals surface area contributed by atoms with Crippen molar-refractivity contribution in [2.75, 3.05) is 5.32 Å². The van der Waals surface area contributed by atoms with Crippen LogP contribution in [0.3, 0.4) is 0 Å². The van der Waals surface area contributed by atoms with Crippen molar-refractivity contribution in [2.24, 2.45) is 0 Å². The molecule has 0 fully saturated rings. The van der Waals surface area contributed by atoms with Gasteiger partial charge in [0.2, 0.25) is 11.1 Å². The Morgan fingerprint density at radius 2 is 1.88 bits per heavy atom. The second-order valence-electron chi connectivity index (χ2n) is 5.90. The number of aromatic nitrogens is 4. The molecule has 1 N–H and O–H groups in total. The number of nitrogens with one attached hydrogen (secondary N) is 1. The highest BCUT2D eigenvalue weighted by Gasteiger charge is 2.19. The Morgan fingerprint density at radius 3 is 2.58 bits per heavy atom. The van der Waals surface area contributed by atoms with Crippen molar-refractivity contribution in [3.05, 3.63) is 58.6 Å². The average molecular weight is 388 g/mol. The molecule has 0 radical (unpaired) electrons. The molecule has 3 rings (SSSR count). The first-order valence-corrected chi connectivity index (χ1v) is 9.29. The van der Waals surface area contributed by atoms with Gasteiger partial charge in [0.15, 0.2) is 0 Å². The molecule has 1 aromatic heterocycles. The monoisotopic (exact) mass is 387 g/mol. The number of amides is 1. The second kappa shape index (κ2) is 7.88. The number of halogens is 1. The lowest BCUT2D eigenvalue weighted by Gasteiger charge is -2.12. The second-order valence-corrected chi connectivity index (χ2v) is 7.64. The van der Waals surface area contributed by atoms with Gasteiger partial charge in [-0.3, -0.25) is 4.79 Å². The van der Waals surface area contributed by atoms with Crippen LogP contribution in [0.2, 0.25) is 5.02 Å². The topological polar surface area (TPSA) is 72.7 Å². The number of anilines is 1. The van der Waals surface area contributed by atoms with Crippen LogP contribution in [0.4, 0.5) is 5.69 Å². The molecule has 1 amide bonds. The summed E-state index contributed by atoms with van der Waals surface area (Å²) >= 11 is 7.16. The van der Waals surface area contributed by atoms with Crippen molar-refractivity contribution in [2.45, 2.75) is 31.2 Å². The van der Waals surface area contributed by atoms with E-state index in [0.717, 1.165) is 11.3 Å². The summed E-state index contributed by atoms with van der Waals surface area (Å²) in [5, 5.41) is 15.5. The smallest absolute Gasteiger partial charge is 0.237 e. The molecule has 1 heterocycles. The quantitative estimate of drug-likeness (QED) is 0.668. The summed E-state index contributed by atoms with van der Waals surface area (Å²) in [4.78, 5) is 12.4. The van der Waals surface area contributed by atoms with Crippen LogP contribution >= 0.6 is 23.4 Å². The van der Waals surface area contributed by atoms with Crippen molar-refractivity contribution >= 4 is 35.0 Å². The van der Waals surface area contributed by atoms with Gasteiger partial charge in [-0.1, -0.05) is 29.4 Å². The van der Waals surface area contributed by atoms with Crippen LogP contribution in [0, 0.1) is 13.8 Å². The Bertz CT molecular complexity index is 926. The number of hydrogen-bond acceptors (Lipinski definition) is 5. The maximum Gasteiger partial charge on any atom is 0.237 e. The van der Waals surface area contributed by atoms with Gasteiger partial charge in [-0.2, -0.15) is 4.68 Å². The van der Waals surface area contributed by atoms with Gasteiger partial charge >= 0.3 is 0 Å². The van der Waals surface area contributed by atoms with Gasteiger partial charge in [0, 0.05) is 10.7 Å². The molecule has 0 aliphatic rings. The van der Waals surface area contributed by atoms with Gasteiger partial charge in [-0.25, -0.2) is 0 Å². The molecule has 1 unspecified atom stereocenters. The SMILES string of the molecule is Cc1ccc(-n2nnnc2SC(C)C(=O)Nc2ccc(Cl)cc2)cc1C. The molecule has 6 nitrogen and oxygen atoms in total. The fourth-order valence-corrected chi connectivity index (χ4v) is 3.19. The molecular formula is C18H18ClN5OS. The summed E-state index contributed by atoms with van der Waals surface area (Å²) in [6, 6.07) is 13.0. The highest BCUT2D eigenvalue weighted by Crippen LogP contribution is 2.25. The zero-order valence-corrected chi connectivity index (χ0v) is 16.2. The summed E-state index contributed by atoms with van der Waals surface area (Å²) in [5.41, 5.74) is 3.92. The molecule has 0 spiro atoms. The molecule has 134 valence electrons. The van der Waals surface area contributed by atoms with Crippen molar-refractivity contribution in [1.29, 1.82) is 0 Å². The number of carbonyl (C=O) groups excluding carboxylic acids is 1. The van der Waals surface area contributed by atoms with Crippen LogP contribution < -0.4 is 5.32 Å². The van der Waals surface area contributed by atoms with Crippen molar-refractivity contribution in [3.63, 3.8) is 0 Å². The minimum atomic E-state index is -0.373. The van der Waals surface area contributed by atoms with E-state index in [4.69, 9.17) is 11.6 Å². The van der Waals surface area contributed by atoms with Crippen LogP contribution in [0.25, 0.3) is 5.69 Å². The third kappa shape index (κ3) is 4.23. The van der Waals surface area contributed by atoms with Crippen molar-refractivity contribution in [3.8, 4) is 5.69 Å². The van der Waals surface area contributed by atoms with E-state index in [-0.39, 0.29) is 11.2 Å². The van der Waals surface area contributed by atoms with Crippen LogP contribution in [0.5, 0.6) is 0 Å². The molecule has 3 aromatic rings. The van der Waals surface area contributed by atoms with Crippen LogP contribution in [0.1, 0.15) is 18.1 Å². The lowest BCUT2D eigenvalue weighted by atomic mass is 10.1. The van der Waals surface area contributed by atoms with Gasteiger partial charge in [0.1, 0.15) is 0 Å². The molecule has 0 saturated heterocycles. The molecule has 0 saturated carbocycles. The Hall–Kier alpha value is -2.38. The van der Waals surface area contributed by atoms with Crippen LogP contribution in [-0.4, -0.2) is 31.4 Å². The highest BCUT2D eigenvalue weighted by molar-refractivity contribution is 8.00. The standard InChI is InChI=1S/C18H18ClN5OS/c1-11-4-9-16(10-12(11)2)24-18(21-22-23-24)26-13(3)17(25)20-15-7-5-14(19)6-8-15/h4-10,13H,1-3H3,(H,20,25). The number of hydrogen-bond donors (Lipinski definition) is 1. The molecule has 26 heavy (non-hydrogen) atoms. The van der Waals surface area contributed by atoms with Gasteiger partial charge in [0.05, 0.1) is 10.9 Å². The Balaban J connectivity index is 1.72. The first kappa shape index (κ1) is 18.4. The molecule has 8 heteroatoms. The Morgan fingerprint density at radius 1 is 1.15 bits per heavy atom. The zero-order chi connectivity index (χ0) is 18.7. The van der Waals surface area contributed by atoms with E-state index in [1.54, 1.807) is 28.9 Å². The Labute approximate surface area is 160 Å². The number of benzene rings is 2. The van der Waals surface area contributed by atoms with E-state index in [1.165, 1.54) is 17.3 Å². The number of carbonyl (C=O) groups is 1. The average Bonchev–Trinajstić information content (AvgIpc) is 3.07. The van der Waals surface area contributed by atoms with Gasteiger partial charge in [-0.15, -0.1) is 5.10 Å². The first-order chi connectivity index (χ1) is 12.4. The predicted octanol–water partition coefficient (Wildman–Crippen LogP) is 4.05. The summed E-state index contributed by atoms with van der Waals surface area (Å²) in [6.45, 7) is 5.91. The fraction of sp³-hybridized carbons (Fsp3) is 0.222. The minimum Gasteiger partial charge on any atom is -0.325 e. The predicted molar refractivity (Wildman–Crippen MR) is 104 cm³/mol. The molecule has 2 aromatic carbocycles. The number of aryl methyl sites for hydroxylation is 2. The lowest BCUT2D eigenvalue weighted by Crippen LogP contribution is -2.22.